The molecule has 1 aromatic heterocycles. The molecule has 2 aromatic rings. The zero-order chi connectivity index (χ0) is 24.3. The number of piperazine rings is 1. The van der Waals surface area contributed by atoms with Gasteiger partial charge in [-0.15, -0.1) is 11.3 Å². The largest absolute Gasteiger partial charge is 0.497 e. The van der Waals surface area contributed by atoms with Crippen molar-refractivity contribution >= 4 is 23.2 Å². The number of amides is 2. The van der Waals surface area contributed by atoms with Gasteiger partial charge in [-0.3, -0.25) is 14.5 Å². The number of nitrogens with zero attached hydrogens (tertiary/aromatic N) is 2. The minimum Gasteiger partial charge on any atom is -0.497 e. The second-order valence-corrected chi connectivity index (χ2v) is 11.1. The van der Waals surface area contributed by atoms with Gasteiger partial charge in [-0.1, -0.05) is 20.8 Å². The summed E-state index contributed by atoms with van der Waals surface area (Å²) in [7, 11) is 1.68. The van der Waals surface area contributed by atoms with Crippen LogP contribution in [-0.4, -0.2) is 59.9 Å². The van der Waals surface area contributed by atoms with Gasteiger partial charge in [0.15, 0.2) is 0 Å². The lowest BCUT2D eigenvalue weighted by Gasteiger charge is -2.51. The quantitative estimate of drug-likeness (QED) is 0.599. The van der Waals surface area contributed by atoms with Gasteiger partial charge in [0.25, 0.3) is 0 Å². The Morgan fingerprint density at radius 3 is 2.44 bits per heavy atom. The van der Waals surface area contributed by atoms with Crippen molar-refractivity contribution in [2.24, 2.45) is 5.92 Å². The number of carbonyl (C=O) groups is 2. The van der Waals surface area contributed by atoms with Crippen molar-refractivity contribution in [3.63, 3.8) is 0 Å². The van der Waals surface area contributed by atoms with E-state index >= 15 is 0 Å². The van der Waals surface area contributed by atoms with E-state index in [2.05, 4.69) is 55.3 Å². The van der Waals surface area contributed by atoms with Crippen LogP contribution in [0.3, 0.4) is 0 Å². The first-order valence-corrected chi connectivity index (χ1v) is 13.3. The smallest absolute Gasteiger partial charge is 0.246 e. The molecule has 1 aromatic carbocycles. The molecule has 1 N–H and O–H groups in total. The number of likely N-dealkylation sites (tertiary alicyclic amines) is 1. The zero-order valence-electron chi connectivity index (χ0n) is 20.8. The fourth-order valence-electron chi connectivity index (χ4n) is 5.23. The van der Waals surface area contributed by atoms with Crippen LogP contribution >= 0.6 is 11.3 Å². The second-order valence-electron chi connectivity index (χ2n) is 9.95. The first-order chi connectivity index (χ1) is 16.4. The van der Waals surface area contributed by atoms with Crippen LogP contribution in [0.5, 0.6) is 5.75 Å². The molecule has 0 saturated carbocycles. The number of carbonyl (C=O) groups excluding carboxylic acids is 2. The molecule has 2 amide bonds. The van der Waals surface area contributed by atoms with E-state index in [0.717, 1.165) is 31.8 Å². The summed E-state index contributed by atoms with van der Waals surface area (Å²) in [4.78, 5) is 33.5. The van der Waals surface area contributed by atoms with Crippen molar-refractivity contribution in [3.05, 3.63) is 41.3 Å². The molecule has 1 atom stereocenters. The topological polar surface area (TPSA) is 61.9 Å². The van der Waals surface area contributed by atoms with E-state index in [0.29, 0.717) is 31.7 Å². The monoisotopic (exact) mass is 483 g/mol. The van der Waals surface area contributed by atoms with Gasteiger partial charge in [0.2, 0.25) is 11.8 Å². The maximum atomic E-state index is 13.3. The predicted octanol–water partition coefficient (Wildman–Crippen LogP) is 4.54. The van der Waals surface area contributed by atoms with Crippen molar-refractivity contribution < 1.29 is 14.3 Å². The van der Waals surface area contributed by atoms with Gasteiger partial charge >= 0.3 is 0 Å². The Hall–Kier alpha value is -2.38. The Kier molecular flexibility index (Phi) is 7.63. The number of nitrogens with one attached hydrogen (secondary N) is 1. The van der Waals surface area contributed by atoms with Gasteiger partial charge < -0.3 is 15.0 Å². The molecule has 1 unspecified atom stereocenters. The molecule has 1 spiro atoms. The first kappa shape index (κ1) is 24.7. The number of ether oxygens (including phenoxy) is 1. The summed E-state index contributed by atoms with van der Waals surface area (Å²) in [5, 5.41) is 3.09. The van der Waals surface area contributed by atoms with E-state index in [4.69, 9.17) is 4.74 Å². The lowest BCUT2D eigenvalue weighted by molar-refractivity contribution is -0.161. The summed E-state index contributed by atoms with van der Waals surface area (Å²) in [6.07, 6.45) is 2.94. The average Bonchev–Trinajstić information content (AvgIpc) is 3.30. The Balaban J connectivity index is 1.41. The molecular weight excluding hydrogens is 446 g/mol. The first-order valence-electron chi connectivity index (χ1n) is 12.4. The normalized spacial score (nSPS) is 20.7. The second kappa shape index (κ2) is 10.5. The summed E-state index contributed by atoms with van der Waals surface area (Å²) < 4.78 is 5.26. The van der Waals surface area contributed by atoms with Crippen LogP contribution in [0.2, 0.25) is 0 Å². The SMILES string of the molecule is CCCN1C(=O)C(CC(C)C)NC(=O)C12CCN(Cc1ccc(-c3ccc(OC)cc3)s1)CC2. The number of thiophene rings is 1. The Morgan fingerprint density at radius 1 is 1.12 bits per heavy atom. The van der Waals surface area contributed by atoms with Crippen LogP contribution in [0.1, 0.15) is 51.3 Å². The van der Waals surface area contributed by atoms with Crippen LogP contribution in [0.15, 0.2) is 36.4 Å². The van der Waals surface area contributed by atoms with Gasteiger partial charge in [-0.25, -0.2) is 0 Å². The highest BCUT2D eigenvalue weighted by Gasteiger charge is 2.53. The number of hydrogen-bond acceptors (Lipinski definition) is 5. The van der Waals surface area contributed by atoms with Gasteiger partial charge in [-0.2, -0.15) is 0 Å². The summed E-state index contributed by atoms with van der Waals surface area (Å²) in [6.45, 7) is 9.41. The lowest BCUT2D eigenvalue weighted by Crippen LogP contribution is -2.72. The number of methoxy groups -OCH3 is 1. The Labute approximate surface area is 207 Å². The van der Waals surface area contributed by atoms with Crippen molar-refractivity contribution in [2.45, 2.75) is 64.6 Å². The number of hydrogen-bond donors (Lipinski definition) is 1. The molecule has 0 radical (unpaired) electrons. The Morgan fingerprint density at radius 2 is 1.82 bits per heavy atom. The highest BCUT2D eigenvalue weighted by atomic mass is 32.1. The lowest BCUT2D eigenvalue weighted by atomic mass is 9.81. The third-order valence-electron chi connectivity index (χ3n) is 7.06. The van der Waals surface area contributed by atoms with E-state index < -0.39 is 5.54 Å². The molecule has 34 heavy (non-hydrogen) atoms. The molecule has 184 valence electrons. The molecule has 2 fully saturated rings. The predicted molar refractivity (Wildman–Crippen MR) is 137 cm³/mol. The number of benzene rings is 1. The van der Waals surface area contributed by atoms with Crippen molar-refractivity contribution in [1.29, 1.82) is 0 Å². The van der Waals surface area contributed by atoms with Crippen LogP contribution in [0, 0.1) is 5.92 Å². The minimum atomic E-state index is -0.694. The number of piperidine rings is 1. The standard InChI is InChI=1S/C27H37N3O3S/c1-5-14-30-25(31)23(17-19(2)3)28-26(32)27(30)12-15-29(16-13-27)18-22-10-11-24(34-22)20-6-8-21(33-4)9-7-20/h6-11,19,23H,5,12-18H2,1-4H3,(H,28,32). The fraction of sp³-hybridized carbons (Fsp3) is 0.556. The van der Waals surface area contributed by atoms with E-state index in [1.54, 1.807) is 7.11 Å². The molecular formula is C27H37N3O3S. The van der Waals surface area contributed by atoms with Crippen LogP contribution in [0.25, 0.3) is 10.4 Å². The van der Waals surface area contributed by atoms with Gasteiger partial charge in [0.05, 0.1) is 7.11 Å². The third kappa shape index (κ3) is 5.01. The van der Waals surface area contributed by atoms with E-state index in [1.807, 2.05) is 28.4 Å². The van der Waals surface area contributed by atoms with Crippen molar-refractivity contribution in [3.8, 4) is 16.2 Å². The highest BCUT2D eigenvalue weighted by Crippen LogP contribution is 2.36. The van der Waals surface area contributed by atoms with Crippen molar-refractivity contribution in [1.82, 2.24) is 15.1 Å². The molecule has 2 aliphatic heterocycles. The molecule has 3 heterocycles. The number of rotatable bonds is 8. The van der Waals surface area contributed by atoms with Crippen LogP contribution < -0.4 is 10.1 Å². The maximum Gasteiger partial charge on any atom is 0.246 e. The molecule has 0 aliphatic carbocycles. The Bertz CT molecular complexity index is 993. The van der Waals surface area contributed by atoms with E-state index in [9.17, 15) is 9.59 Å². The summed E-state index contributed by atoms with van der Waals surface area (Å²) in [5.41, 5.74) is 0.499. The van der Waals surface area contributed by atoms with Gasteiger partial charge in [0, 0.05) is 35.9 Å². The molecule has 4 rings (SSSR count). The van der Waals surface area contributed by atoms with Gasteiger partial charge in [-0.05, 0) is 73.6 Å². The average molecular weight is 484 g/mol. The van der Waals surface area contributed by atoms with Crippen LogP contribution in [-0.2, 0) is 16.1 Å². The maximum absolute atomic E-state index is 13.3. The molecule has 2 aliphatic rings. The summed E-state index contributed by atoms with van der Waals surface area (Å²) in [6, 6.07) is 12.2. The minimum absolute atomic E-state index is 0.0452. The summed E-state index contributed by atoms with van der Waals surface area (Å²) in [5.74, 6) is 1.37. The zero-order valence-corrected chi connectivity index (χ0v) is 21.6. The van der Waals surface area contributed by atoms with Crippen LogP contribution in [0.4, 0.5) is 0 Å². The van der Waals surface area contributed by atoms with Gasteiger partial charge in [0.1, 0.15) is 17.3 Å². The van der Waals surface area contributed by atoms with E-state index in [1.165, 1.54) is 15.3 Å². The molecule has 6 nitrogen and oxygen atoms in total. The molecule has 0 bridgehead atoms. The molecule has 7 heteroatoms. The fourth-order valence-corrected chi connectivity index (χ4v) is 6.28. The summed E-state index contributed by atoms with van der Waals surface area (Å²) >= 11 is 1.81. The highest BCUT2D eigenvalue weighted by molar-refractivity contribution is 7.15. The molecule has 2 saturated heterocycles. The third-order valence-corrected chi connectivity index (χ3v) is 8.18. The van der Waals surface area contributed by atoms with E-state index in [-0.39, 0.29) is 17.9 Å². The van der Waals surface area contributed by atoms with Crippen molar-refractivity contribution in [2.75, 3.05) is 26.7 Å².